The summed E-state index contributed by atoms with van der Waals surface area (Å²) in [4.78, 5) is 4.24. The van der Waals surface area contributed by atoms with Crippen molar-refractivity contribution in [2.24, 2.45) is 0 Å². The van der Waals surface area contributed by atoms with Crippen LogP contribution in [0, 0.1) is 6.92 Å². The average molecular weight is 299 g/mol. The smallest absolute Gasteiger partial charge is 0.219 e. The zero-order chi connectivity index (χ0) is 11.5. The van der Waals surface area contributed by atoms with E-state index < -0.39 is 0 Å². The minimum Gasteiger partial charge on any atom is -0.437 e. The number of pyridine rings is 1. The van der Waals surface area contributed by atoms with Crippen LogP contribution in [0.2, 0.25) is 5.02 Å². The first kappa shape index (κ1) is 11.4. The molecule has 0 saturated carbocycles. The second kappa shape index (κ2) is 4.85. The summed E-state index contributed by atoms with van der Waals surface area (Å²) in [6, 6.07) is 11.0. The van der Waals surface area contributed by atoms with Gasteiger partial charge in [0.15, 0.2) is 0 Å². The van der Waals surface area contributed by atoms with Gasteiger partial charge >= 0.3 is 0 Å². The van der Waals surface area contributed by atoms with Gasteiger partial charge in [-0.1, -0.05) is 33.6 Å². The van der Waals surface area contributed by atoms with E-state index in [-0.39, 0.29) is 0 Å². The zero-order valence-electron chi connectivity index (χ0n) is 8.58. The third-order valence-corrected chi connectivity index (χ3v) is 2.78. The van der Waals surface area contributed by atoms with E-state index in [1.165, 1.54) is 0 Å². The van der Waals surface area contributed by atoms with Gasteiger partial charge in [0.05, 0.1) is 5.02 Å². The molecule has 0 N–H and O–H groups in total. The second-order valence-electron chi connectivity index (χ2n) is 3.29. The fourth-order valence-electron chi connectivity index (χ4n) is 1.24. The Kier molecular flexibility index (Phi) is 3.46. The molecule has 1 aromatic heterocycles. The number of aryl methyl sites for hydroxylation is 1. The molecule has 16 heavy (non-hydrogen) atoms. The monoisotopic (exact) mass is 297 g/mol. The van der Waals surface area contributed by atoms with Crippen LogP contribution in [-0.2, 0) is 0 Å². The maximum atomic E-state index is 6.01. The van der Waals surface area contributed by atoms with Crippen LogP contribution in [0.5, 0.6) is 11.6 Å². The maximum absolute atomic E-state index is 6.01. The van der Waals surface area contributed by atoms with E-state index in [0.717, 1.165) is 10.2 Å². The Morgan fingerprint density at radius 3 is 2.81 bits per heavy atom. The molecule has 2 nitrogen and oxygen atoms in total. The molecule has 0 aliphatic rings. The molecule has 0 radical (unpaired) electrons. The number of benzene rings is 1. The van der Waals surface area contributed by atoms with Gasteiger partial charge in [-0.15, -0.1) is 0 Å². The highest BCUT2D eigenvalue weighted by Crippen LogP contribution is 2.31. The first-order chi connectivity index (χ1) is 7.65. The molecule has 0 bridgehead atoms. The minimum absolute atomic E-state index is 0.542. The fraction of sp³-hybridized carbons (Fsp3) is 0.0833. The SMILES string of the molecule is Cc1cccc(Oc2cc(Br)ccc2Cl)n1. The van der Waals surface area contributed by atoms with E-state index in [0.29, 0.717) is 16.7 Å². The zero-order valence-corrected chi connectivity index (χ0v) is 10.9. The summed E-state index contributed by atoms with van der Waals surface area (Å²) in [7, 11) is 0. The first-order valence-corrected chi connectivity index (χ1v) is 5.89. The largest absolute Gasteiger partial charge is 0.437 e. The van der Waals surface area contributed by atoms with Crippen LogP contribution in [0.25, 0.3) is 0 Å². The molecule has 2 aromatic rings. The lowest BCUT2D eigenvalue weighted by Crippen LogP contribution is -1.90. The quantitative estimate of drug-likeness (QED) is 0.808. The Labute approximate surface area is 107 Å². The molecule has 1 heterocycles. The Bertz CT molecular complexity index is 516. The molecule has 2 rings (SSSR count). The number of nitrogens with zero attached hydrogens (tertiary/aromatic N) is 1. The van der Waals surface area contributed by atoms with Crippen molar-refractivity contribution in [2.45, 2.75) is 6.92 Å². The van der Waals surface area contributed by atoms with Gasteiger partial charge < -0.3 is 4.74 Å². The van der Waals surface area contributed by atoms with Crippen molar-refractivity contribution in [3.63, 3.8) is 0 Å². The van der Waals surface area contributed by atoms with Crippen LogP contribution < -0.4 is 4.74 Å². The Morgan fingerprint density at radius 2 is 2.06 bits per heavy atom. The molecule has 0 atom stereocenters. The molecule has 1 aromatic carbocycles. The normalized spacial score (nSPS) is 10.2. The average Bonchev–Trinajstić information content (AvgIpc) is 2.24. The van der Waals surface area contributed by atoms with Gasteiger partial charge in [0.2, 0.25) is 5.88 Å². The van der Waals surface area contributed by atoms with Gasteiger partial charge in [0.25, 0.3) is 0 Å². The van der Waals surface area contributed by atoms with Crippen LogP contribution in [-0.4, -0.2) is 4.98 Å². The third kappa shape index (κ3) is 2.74. The summed E-state index contributed by atoms with van der Waals surface area (Å²) in [6.07, 6.45) is 0. The van der Waals surface area contributed by atoms with E-state index in [9.17, 15) is 0 Å². The number of aromatic nitrogens is 1. The highest BCUT2D eigenvalue weighted by Gasteiger charge is 2.04. The van der Waals surface area contributed by atoms with Crippen molar-refractivity contribution in [3.8, 4) is 11.6 Å². The van der Waals surface area contributed by atoms with E-state index in [1.807, 2.05) is 31.2 Å². The van der Waals surface area contributed by atoms with Crippen LogP contribution in [0.15, 0.2) is 40.9 Å². The van der Waals surface area contributed by atoms with E-state index in [2.05, 4.69) is 20.9 Å². The van der Waals surface area contributed by atoms with Crippen LogP contribution in [0.4, 0.5) is 0 Å². The lowest BCUT2D eigenvalue weighted by Gasteiger charge is -2.07. The second-order valence-corrected chi connectivity index (χ2v) is 4.62. The van der Waals surface area contributed by atoms with Gasteiger partial charge in [-0.25, -0.2) is 4.98 Å². The van der Waals surface area contributed by atoms with Crippen molar-refractivity contribution in [3.05, 3.63) is 51.6 Å². The molecule has 0 aliphatic carbocycles. The summed E-state index contributed by atoms with van der Waals surface area (Å²) in [6.45, 7) is 1.91. The van der Waals surface area contributed by atoms with E-state index in [4.69, 9.17) is 16.3 Å². The molecular formula is C12H9BrClNO. The molecule has 0 aliphatic heterocycles. The number of rotatable bonds is 2. The molecule has 0 saturated heterocycles. The topological polar surface area (TPSA) is 22.1 Å². The summed E-state index contributed by atoms with van der Waals surface area (Å²) in [5.74, 6) is 1.13. The van der Waals surface area contributed by atoms with Gasteiger partial charge in [0.1, 0.15) is 5.75 Å². The number of hydrogen-bond donors (Lipinski definition) is 0. The maximum Gasteiger partial charge on any atom is 0.219 e. The number of halogens is 2. The summed E-state index contributed by atoms with van der Waals surface area (Å²) in [5, 5.41) is 0.562. The standard InChI is InChI=1S/C12H9BrClNO/c1-8-3-2-4-12(15-8)16-11-7-9(13)5-6-10(11)14/h2-7H,1H3. The van der Waals surface area contributed by atoms with Crippen LogP contribution >= 0.6 is 27.5 Å². The van der Waals surface area contributed by atoms with Gasteiger partial charge in [0, 0.05) is 16.2 Å². The summed E-state index contributed by atoms with van der Waals surface area (Å²) in [5.41, 5.74) is 0.906. The number of ether oxygens (including phenoxy) is 1. The van der Waals surface area contributed by atoms with Gasteiger partial charge in [-0.3, -0.25) is 0 Å². The molecule has 0 unspecified atom stereocenters. The summed E-state index contributed by atoms with van der Waals surface area (Å²) < 4.78 is 6.51. The number of hydrogen-bond acceptors (Lipinski definition) is 2. The molecule has 4 heteroatoms. The predicted molar refractivity (Wildman–Crippen MR) is 68.2 cm³/mol. The fourth-order valence-corrected chi connectivity index (χ4v) is 1.74. The third-order valence-electron chi connectivity index (χ3n) is 1.97. The van der Waals surface area contributed by atoms with E-state index >= 15 is 0 Å². The van der Waals surface area contributed by atoms with Crippen molar-refractivity contribution >= 4 is 27.5 Å². The summed E-state index contributed by atoms with van der Waals surface area (Å²) >= 11 is 9.38. The molecule has 0 amide bonds. The highest BCUT2D eigenvalue weighted by atomic mass is 79.9. The highest BCUT2D eigenvalue weighted by molar-refractivity contribution is 9.10. The lowest BCUT2D eigenvalue weighted by atomic mass is 10.3. The van der Waals surface area contributed by atoms with Gasteiger partial charge in [-0.05, 0) is 31.2 Å². The van der Waals surface area contributed by atoms with Crippen LogP contribution in [0.1, 0.15) is 5.69 Å². The Hall–Kier alpha value is -1.06. The molecule has 0 spiro atoms. The first-order valence-electron chi connectivity index (χ1n) is 4.72. The van der Waals surface area contributed by atoms with Crippen molar-refractivity contribution < 1.29 is 4.74 Å². The molecular weight excluding hydrogens is 289 g/mol. The van der Waals surface area contributed by atoms with Crippen molar-refractivity contribution in [1.82, 2.24) is 4.98 Å². The minimum atomic E-state index is 0.542. The van der Waals surface area contributed by atoms with Crippen LogP contribution in [0.3, 0.4) is 0 Å². The van der Waals surface area contributed by atoms with Crippen molar-refractivity contribution in [1.29, 1.82) is 0 Å². The lowest BCUT2D eigenvalue weighted by molar-refractivity contribution is 0.461. The van der Waals surface area contributed by atoms with E-state index in [1.54, 1.807) is 12.1 Å². The van der Waals surface area contributed by atoms with Gasteiger partial charge in [-0.2, -0.15) is 0 Å². The molecule has 0 fully saturated rings. The predicted octanol–water partition coefficient (Wildman–Crippen LogP) is 4.60. The Morgan fingerprint density at radius 1 is 1.25 bits per heavy atom. The molecule has 82 valence electrons. The van der Waals surface area contributed by atoms with Crippen molar-refractivity contribution in [2.75, 3.05) is 0 Å². The Balaban J connectivity index is 2.30.